The molecule has 0 saturated heterocycles. The van der Waals surface area contributed by atoms with Gasteiger partial charge < -0.3 is 9.47 Å². The van der Waals surface area contributed by atoms with Crippen LogP contribution in [0, 0.1) is 28.6 Å². The minimum Gasteiger partial charge on any atom is -0.465 e. The molecule has 0 heterocycles. The molecule has 0 aliphatic heterocycles. The lowest BCUT2D eigenvalue weighted by Gasteiger charge is -2.49. The van der Waals surface area contributed by atoms with Crippen molar-refractivity contribution in [2.45, 2.75) is 56.8 Å². The van der Waals surface area contributed by atoms with E-state index in [1.54, 1.807) is 26.2 Å². The van der Waals surface area contributed by atoms with Crippen molar-refractivity contribution in [3.63, 3.8) is 0 Å². The highest BCUT2D eigenvalue weighted by Gasteiger charge is 2.65. The maximum absolute atomic E-state index is 13.4. The van der Waals surface area contributed by atoms with Gasteiger partial charge in [0.1, 0.15) is 5.40 Å². The smallest absolute Gasteiger partial charge is 0.328 e. The zero-order chi connectivity index (χ0) is 20.4. The van der Waals surface area contributed by atoms with Crippen LogP contribution in [0.2, 0.25) is 0 Å². The zero-order valence-electron chi connectivity index (χ0n) is 16.7. The third kappa shape index (κ3) is 3.00. The van der Waals surface area contributed by atoms with Gasteiger partial charge in [-0.05, 0) is 61.4 Å². The van der Waals surface area contributed by atoms with Crippen LogP contribution in [0.4, 0.5) is 5.69 Å². The summed E-state index contributed by atoms with van der Waals surface area (Å²) in [5, 5.41) is 11.9. The predicted molar refractivity (Wildman–Crippen MR) is 109 cm³/mol. The molecule has 0 bridgehead atoms. The second-order valence-corrected chi connectivity index (χ2v) is 8.69. The lowest BCUT2D eigenvalue weighted by Crippen LogP contribution is -2.52. The number of carbonyl (C=O) groups is 1. The van der Waals surface area contributed by atoms with Crippen molar-refractivity contribution in [3.05, 3.63) is 40.7 Å². The van der Waals surface area contributed by atoms with Gasteiger partial charge in [-0.3, -0.25) is 4.79 Å². The molecular formula is C22H26N2O3S. The van der Waals surface area contributed by atoms with Gasteiger partial charge in [0.15, 0.2) is 10.4 Å². The summed E-state index contributed by atoms with van der Waals surface area (Å²) in [6.45, 7) is 11.6. The number of hydrogen-bond acceptors (Lipinski definition) is 5. The van der Waals surface area contributed by atoms with Crippen molar-refractivity contribution in [2.24, 2.45) is 11.3 Å². The molecule has 1 aromatic carbocycles. The quantitative estimate of drug-likeness (QED) is 0.398. The van der Waals surface area contributed by atoms with Gasteiger partial charge >= 0.3 is 5.97 Å². The number of ether oxygens (including phenoxy) is 2. The molecule has 0 radical (unpaired) electrons. The summed E-state index contributed by atoms with van der Waals surface area (Å²) >= 11 is 1.01. The highest BCUT2D eigenvalue weighted by molar-refractivity contribution is 8.05. The van der Waals surface area contributed by atoms with E-state index in [0.717, 1.165) is 55.0 Å². The largest absolute Gasteiger partial charge is 0.465 e. The molecule has 28 heavy (non-hydrogen) atoms. The van der Waals surface area contributed by atoms with Crippen LogP contribution in [0.5, 0.6) is 0 Å². The molecule has 0 amide bonds. The van der Waals surface area contributed by atoms with Crippen molar-refractivity contribution in [1.29, 1.82) is 5.26 Å². The average molecular weight is 399 g/mol. The Morgan fingerprint density at radius 1 is 1.46 bits per heavy atom. The summed E-state index contributed by atoms with van der Waals surface area (Å²) < 4.78 is 10.2. The number of esters is 1. The first kappa shape index (κ1) is 20.7. The number of carbonyl (C=O) groups excluding carboxylic acids is 1. The van der Waals surface area contributed by atoms with E-state index in [0.29, 0.717) is 11.6 Å². The van der Waals surface area contributed by atoms with Crippen LogP contribution in [0.3, 0.4) is 0 Å². The molecule has 0 unspecified atom stereocenters. The molecule has 148 valence electrons. The minimum absolute atomic E-state index is 0.171. The Hall–Kier alpha value is -2.02. The Bertz CT molecular complexity index is 843. The van der Waals surface area contributed by atoms with E-state index in [1.165, 1.54) is 0 Å². The summed E-state index contributed by atoms with van der Waals surface area (Å²) in [4.78, 5) is 17.0. The van der Waals surface area contributed by atoms with Crippen LogP contribution in [-0.4, -0.2) is 25.8 Å². The van der Waals surface area contributed by atoms with E-state index < -0.39 is 10.2 Å². The molecule has 1 aromatic rings. The van der Waals surface area contributed by atoms with Gasteiger partial charge in [0.05, 0.1) is 19.3 Å². The molecular weight excluding hydrogens is 372 g/mol. The molecule has 1 fully saturated rings. The molecule has 2 aliphatic carbocycles. The van der Waals surface area contributed by atoms with Crippen LogP contribution >= 0.6 is 11.8 Å². The number of rotatable bonds is 5. The number of thiocyanates is 1. The monoisotopic (exact) mass is 398 g/mol. The first-order chi connectivity index (χ1) is 13.5. The Morgan fingerprint density at radius 3 is 2.86 bits per heavy atom. The van der Waals surface area contributed by atoms with Crippen molar-refractivity contribution >= 4 is 23.4 Å². The molecule has 0 N–H and O–H groups in total. The summed E-state index contributed by atoms with van der Waals surface area (Å²) in [7, 11) is 1.75. The molecule has 1 saturated carbocycles. The number of thioether (sulfide) groups is 1. The number of nitriles is 1. The third-order valence-corrected chi connectivity index (χ3v) is 7.77. The summed E-state index contributed by atoms with van der Waals surface area (Å²) in [6, 6.07) is 5.55. The highest BCUT2D eigenvalue weighted by atomic mass is 32.2. The SMILES string of the molecule is [C-]#[N+]c1ccc2c(c1)[C@@](SC#N)(C(=O)OCC)[C@@]1(CC[C@@H](OC)[C@H](CC)C1)C2. The molecule has 5 nitrogen and oxygen atoms in total. The van der Waals surface area contributed by atoms with Crippen molar-refractivity contribution in [2.75, 3.05) is 13.7 Å². The van der Waals surface area contributed by atoms with Gasteiger partial charge in [-0.15, -0.1) is 0 Å². The third-order valence-electron chi connectivity index (χ3n) is 6.55. The first-order valence-electron chi connectivity index (χ1n) is 9.79. The summed E-state index contributed by atoms with van der Waals surface area (Å²) in [5.74, 6) is -0.0327. The molecule has 4 atom stereocenters. The fourth-order valence-electron chi connectivity index (χ4n) is 5.31. The zero-order valence-corrected chi connectivity index (χ0v) is 17.5. The normalized spacial score (nSPS) is 31.0. The summed E-state index contributed by atoms with van der Waals surface area (Å²) in [5.41, 5.74) is 1.92. The lowest BCUT2D eigenvalue weighted by molar-refractivity contribution is -0.152. The van der Waals surface area contributed by atoms with E-state index in [4.69, 9.17) is 16.0 Å². The first-order valence-corrected chi connectivity index (χ1v) is 10.6. The van der Waals surface area contributed by atoms with Gasteiger partial charge in [-0.25, -0.2) is 4.85 Å². The average Bonchev–Trinajstić information content (AvgIpc) is 2.97. The van der Waals surface area contributed by atoms with Crippen molar-refractivity contribution in [3.8, 4) is 5.40 Å². The van der Waals surface area contributed by atoms with E-state index in [9.17, 15) is 10.1 Å². The fraction of sp³-hybridized carbons (Fsp3) is 0.591. The van der Waals surface area contributed by atoms with Crippen molar-refractivity contribution < 1.29 is 14.3 Å². The molecule has 1 spiro atoms. The van der Waals surface area contributed by atoms with Crippen LogP contribution in [-0.2, 0) is 25.4 Å². The van der Waals surface area contributed by atoms with Gasteiger partial charge in [-0.2, -0.15) is 5.26 Å². The Balaban J connectivity index is 2.20. The molecule has 6 heteroatoms. The molecule has 0 aromatic heterocycles. The molecule has 3 rings (SSSR count). The van der Waals surface area contributed by atoms with Crippen LogP contribution < -0.4 is 0 Å². The van der Waals surface area contributed by atoms with Crippen LogP contribution in [0.1, 0.15) is 50.7 Å². The highest BCUT2D eigenvalue weighted by Crippen LogP contribution is 2.65. The number of fused-ring (bicyclic) bond motifs is 1. The second-order valence-electron chi connectivity index (χ2n) is 7.69. The Kier molecular flexibility index (Phi) is 6.03. The number of nitrogens with zero attached hydrogens (tertiary/aromatic N) is 2. The number of methoxy groups -OCH3 is 1. The fourth-order valence-corrected chi connectivity index (χ4v) is 6.36. The maximum Gasteiger partial charge on any atom is 0.328 e. The standard InChI is InChI=1S/C22H26N2O3S/c1-5-15-12-21(10-9-19(15)26-4)13-16-7-8-17(24-3)11-18(16)22(21,28-14-23)20(25)27-6-2/h7-8,11,15,19H,5-6,9-10,12-13H2,1-2,4H3/t15-,19-,21-,22-/m1/s1. The van der Waals surface area contributed by atoms with Gasteiger partial charge in [0, 0.05) is 12.5 Å². The van der Waals surface area contributed by atoms with Gasteiger partial charge in [0.25, 0.3) is 0 Å². The lowest BCUT2D eigenvalue weighted by atomic mass is 9.61. The van der Waals surface area contributed by atoms with Gasteiger partial charge in [-0.1, -0.05) is 31.5 Å². The van der Waals surface area contributed by atoms with Crippen LogP contribution in [0.25, 0.3) is 4.85 Å². The molecule has 2 aliphatic rings. The predicted octanol–water partition coefficient (Wildman–Crippen LogP) is 4.98. The van der Waals surface area contributed by atoms with Crippen molar-refractivity contribution in [1.82, 2.24) is 0 Å². The Morgan fingerprint density at radius 2 is 2.25 bits per heavy atom. The number of benzene rings is 1. The Labute approximate surface area is 171 Å². The summed E-state index contributed by atoms with van der Waals surface area (Å²) in [6.07, 6.45) is 4.30. The van der Waals surface area contributed by atoms with E-state index >= 15 is 0 Å². The topological polar surface area (TPSA) is 63.7 Å². The van der Waals surface area contributed by atoms with E-state index in [-0.39, 0.29) is 18.7 Å². The van der Waals surface area contributed by atoms with E-state index in [2.05, 4.69) is 17.2 Å². The minimum atomic E-state index is -1.10. The van der Waals surface area contributed by atoms with E-state index in [1.807, 2.05) is 6.07 Å². The second kappa shape index (κ2) is 8.15. The maximum atomic E-state index is 13.4. The number of hydrogen-bond donors (Lipinski definition) is 0. The van der Waals surface area contributed by atoms with Crippen LogP contribution in [0.15, 0.2) is 18.2 Å². The van der Waals surface area contributed by atoms with Gasteiger partial charge in [0.2, 0.25) is 0 Å².